The zero-order valence-electron chi connectivity index (χ0n) is 14.1. The van der Waals surface area contributed by atoms with Gasteiger partial charge in [0.25, 0.3) is 0 Å². The van der Waals surface area contributed by atoms with Crippen LogP contribution in [0.2, 0.25) is 0 Å². The number of benzene rings is 2. The maximum absolute atomic E-state index is 13.1. The largest absolute Gasteiger partial charge is 0.338 e. The highest BCUT2D eigenvalue weighted by Crippen LogP contribution is 2.37. The molecule has 1 aromatic heterocycles. The van der Waals surface area contributed by atoms with Gasteiger partial charge in [-0.15, -0.1) is 0 Å². The van der Waals surface area contributed by atoms with Gasteiger partial charge in [0.05, 0.1) is 34.5 Å². The molecule has 0 saturated carbocycles. The first-order valence-corrected chi connectivity index (χ1v) is 8.64. The Morgan fingerprint density at radius 1 is 0.926 bits per heavy atom. The quantitative estimate of drug-likeness (QED) is 0.722. The van der Waals surface area contributed by atoms with Crippen molar-refractivity contribution in [3.63, 3.8) is 0 Å². The zero-order chi connectivity index (χ0) is 18.5. The van der Waals surface area contributed by atoms with E-state index in [4.69, 9.17) is 5.26 Å². The van der Waals surface area contributed by atoms with Crippen molar-refractivity contribution in [2.24, 2.45) is 11.8 Å². The van der Waals surface area contributed by atoms with Crippen molar-refractivity contribution in [1.29, 1.82) is 5.26 Å². The van der Waals surface area contributed by atoms with Crippen molar-refractivity contribution >= 4 is 22.6 Å². The molecule has 0 radical (unpaired) electrons. The van der Waals surface area contributed by atoms with E-state index in [0.29, 0.717) is 33.5 Å². The van der Waals surface area contributed by atoms with Crippen molar-refractivity contribution in [3.8, 4) is 17.5 Å². The molecule has 5 rings (SSSR count). The minimum atomic E-state index is -0.462. The van der Waals surface area contributed by atoms with E-state index in [0.717, 1.165) is 5.56 Å². The van der Waals surface area contributed by atoms with Crippen molar-refractivity contribution in [1.82, 2.24) is 9.97 Å². The third-order valence-corrected chi connectivity index (χ3v) is 5.19. The highest BCUT2D eigenvalue weighted by molar-refractivity contribution is 6.22. The topological polar surface area (TPSA) is 86.6 Å². The molecular formula is C22H13N3O2. The van der Waals surface area contributed by atoms with Crippen molar-refractivity contribution in [2.75, 3.05) is 0 Å². The van der Waals surface area contributed by atoms with Crippen LogP contribution in [0.25, 0.3) is 22.4 Å². The van der Waals surface area contributed by atoms with E-state index in [2.05, 4.69) is 16.0 Å². The Bertz CT molecular complexity index is 1220. The number of aromatic nitrogens is 2. The molecule has 0 fully saturated rings. The molecule has 2 aliphatic carbocycles. The summed E-state index contributed by atoms with van der Waals surface area (Å²) in [4.78, 5) is 33.8. The van der Waals surface area contributed by atoms with Crippen LogP contribution < -0.4 is 0 Å². The third kappa shape index (κ3) is 2.20. The predicted molar refractivity (Wildman–Crippen MR) is 100 cm³/mol. The summed E-state index contributed by atoms with van der Waals surface area (Å²) in [5, 5.41) is 8.94. The Kier molecular flexibility index (Phi) is 3.22. The first-order valence-electron chi connectivity index (χ1n) is 8.64. The van der Waals surface area contributed by atoms with Gasteiger partial charge in [-0.3, -0.25) is 9.59 Å². The van der Waals surface area contributed by atoms with Gasteiger partial charge in [-0.05, 0) is 36.4 Å². The average molecular weight is 351 g/mol. The number of hydrogen-bond acceptors (Lipinski definition) is 4. The molecule has 2 aliphatic rings. The number of hydrogen-bond donors (Lipinski definition) is 1. The molecule has 0 aliphatic heterocycles. The van der Waals surface area contributed by atoms with Gasteiger partial charge in [0.2, 0.25) is 0 Å². The van der Waals surface area contributed by atoms with E-state index < -0.39 is 11.8 Å². The highest BCUT2D eigenvalue weighted by Gasteiger charge is 2.40. The molecule has 0 saturated heterocycles. The minimum absolute atomic E-state index is 0.0416. The number of ketones is 2. The molecule has 0 unspecified atom stereocenters. The number of nitriles is 1. The molecule has 0 amide bonds. The van der Waals surface area contributed by atoms with Gasteiger partial charge in [-0.25, -0.2) is 4.98 Å². The van der Waals surface area contributed by atoms with E-state index in [-0.39, 0.29) is 11.6 Å². The van der Waals surface area contributed by atoms with Crippen LogP contribution in [0.1, 0.15) is 26.3 Å². The van der Waals surface area contributed by atoms with E-state index in [1.165, 1.54) is 0 Å². The van der Waals surface area contributed by atoms with Crippen molar-refractivity contribution in [3.05, 3.63) is 77.4 Å². The number of H-pyrrole nitrogens is 1. The lowest BCUT2D eigenvalue weighted by Gasteiger charge is -2.28. The first kappa shape index (κ1) is 15.5. The fourth-order valence-corrected chi connectivity index (χ4v) is 3.82. The van der Waals surface area contributed by atoms with Gasteiger partial charge in [-0.1, -0.05) is 24.3 Å². The number of nitrogens with one attached hydrogen (secondary N) is 1. The molecule has 5 heteroatoms. The second-order valence-electron chi connectivity index (χ2n) is 6.71. The summed E-state index contributed by atoms with van der Waals surface area (Å²) in [5.41, 5.74) is 3.44. The van der Waals surface area contributed by atoms with Crippen LogP contribution in [0.15, 0.2) is 60.7 Å². The van der Waals surface area contributed by atoms with Crippen LogP contribution in [0, 0.1) is 23.2 Å². The van der Waals surface area contributed by atoms with Gasteiger partial charge < -0.3 is 4.98 Å². The predicted octanol–water partition coefficient (Wildman–Crippen LogP) is 3.84. The summed E-state index contributed by atoms with van der Waals surface area (Å²) in [6.45, 7) is 0. The minimum Gasteiger partial charge on any atom is -0.338 e. The molecule has 5 nitrogen and oxygen atoms in total. The summed E-state index contributed by atoms with van der Waals surface area (Å²) in [5.74, 6) is -0.400. The summed E-state index contributed by atoms with van der Waals surface area (Å²) in [6, 6.07) is 12.6. The second kappa shape index (κ2) is 5.61. The van der Waals surface area contributed by atoms with E-state index >= 15 is 0 Å². The number of aromatic amines is 1. The standard InChI is InChI=1S/C22H13N3O2/c23-11-12-5-7-13(8-6-12)22-24-17-10-9-16-18(19(17)25-22)21(27)15-4-2-1-3-14(15)20(16)26/h1-10,14-15H,(H,24,25)/t14-,15+/m0/s1. The number of carbonyl (C=O) groups is 2. The normalized spacial score (nSPS) is 20.4. The van der Waals surface area contributed by atoms with Crippen molar-refractivity contribution < 1.29 is 9.59 Å². The maximum atomic E-state index is 13.1. The Labute approximate surface area is 154 Å². The molecule has 1 heterocycles. The lowest BCUT2D eigenvalue weighted by Crippen LogP contribution is -2.35. The van der Waals surface area contributed by atoms with Gasteiger partial charge in [-0.2, -0.15) is 5.26 Å². The van der Waals surface area contributed by atoms with E-state index in [1.807, 2.05) is 12.2 Å². The van der Waals surface area contributed by atoms with Crippen molar-refractivity contribution in [2.45, 2.75) is 0 Å². The fourth-order valence-electron chi connectivity index (χ4n) is 3.82. The van der Waals surface area contributed by atoms with Crippen LogP contribution in [0.3, 0.4) is 0 Å². The molecule has 2 aromatic carbocycles. The Morgan fingerprint density at radius 3 is 2.33 bits per heavy atom. The number of fused-ring (bicyclic) bond motifs is 4. The van der Waals surface area contributed by atoms with E-state index in [9.17, 15) is 9.59 Å². The van der Waals surface area contributed by atoms with Crippen LogP contribution in [0.5, 0.6) is 0 Å². The molecule has 2 atom stereocenters. The monoisotopic (exact) mass is 351 g/mol. The first-order chi connectivity index (χ1) is 13.2. The molecule has 0 spiro atoms. The van der Waals surface area contributed by atoms with Gasteiger partial charge in [0.15, 0.2) is 11.6 Å². The summed E-state index contributed by atoms with van der Waals surface area (Å²) < 4.78 is 0. The molecular weight excluding hydrogens is 338 g/mol. The fraction of sp³-hybridized carbons (Fsp3) is 0.0909. The third-order valence-electron chi connectivity index (χ3n) is 5.19. The van der Waals surface area contributed by atoms with E-state index in [1.54, 1.807) is 48.6 Å². The van der Waals surface area contributed by atoms with Crippen LogP contribution in [-0.2, 0) is 0 Å². The number of Topliss-reactive ketones (excluding diaryl/α,β-unsaturated/α-hetero) is 2. The van der Waals surface area contributed by atoms with Gasteiger partial charge in [0.1, 0.15) is 11.3 Å². The lowest BCUT2D eigenvalue weighted by atomic mass is 9.72. The lowest BCUT2D eigenvalue weighted by molar-refractivity contribution is 0.0803. The maximum Gasteiger partial charge on any atom is 0.173 e. The average Bonchev–Trinajstić information content (AvgIpc) is 3.16. The molecule has 27 heavy (non-hydrogen) atoms. The molecule has 128 valence electrons. The molecule has 0 bridgehead atoms. The van der Waals surface area contributed by atoms with Gasteiger partial charge >= 0.3 is 0 Å². The van der Waals surface area contributed by atoms with Crippen LogP contribution in [-0.4, -0.2) is 21.5 Å². The number of nitrogens with zero attached hydrogens (tertiary/aromatic N) is 2. The summed E-state index contributed by atoms with van der Waals surface area (Å²) >= 11 is 0. The molecule has 3 aromatic rings. The van der Waals surface area contributed by atoms with Crippen LogP contribution >= 0.6 is 0 Å². The zero-order valence-corrected chi connectivity index (χ0v) is 14.1. The summed E-state index contributed by atoms with van der Waals surface area (Å²) in [6.07, 6.45) is 7.21. The smallest absolute Gasteiger partial charge is 0.173 e. The Morgan fingerprint density at radius 2 is 1.63 bits per heavy atom. The number of carbonyl (C=O) groups excluding carboxylic acids is 2. The Balaban J connectivity index is 1.69. The number of rotatable bonds is 1. The number of allylic oxidation sites excluding steroid dienone is 4. The Hall–Kier alpha value is -3.78. The van der Waals surface area contributed by atoms with Gasteiger partial charge in [0, 0.05) is 11.1 Å². The number of imidazole rings is 1. The summed E-state index contributed by atoms with van der Waals surface area (Å²) in [7, 11) is 0. The van der Waals surface area contributed by atoms with Crippen LogP contribution in [0.4, 0.5) is 0 Å². The molecule has 1 N–H and O–H groups in total. The SMILES string of the molecule is N#Cc1ccc(-c2nc3c4c(ccc3[nH]2)C(=O)[C@H]2C=CC=C[C@H]2C4=O)cc1. The highest BCUT2D eigenvalue weighted by atomic mass is 16.1. The second-order valence-corrected chi connectivity index (χ2v) is 6.71.